The van der Waals surface area contributed by atoms with E-state index < -0.39 is 0 Å². The van der Waals surface area contributed by atoms with Crippen molar-refractivity contribution in [3.05, 3.63) is 47.5 Å². The smallest absolute Gasteiger partial charge is 0.323 e. The Morgan fingerprint density at radius 3 is 2.28 bits per heavy atom. The molecule has 3 amide bonds. The van der Waals surface area contributed by atoms with E-state index in [2.05, 4.69) is 10.6 Å². The molecule has 0 saturated heterocycles. The van der Waals surface area contributed by atoms with Gasteiger partial charge in [-0.25, -0.2) is 4.79 Å². The predicted octanol–water partition coefficient (Wildman–Crippen LogP) is 3.64. The molecule has 7 nitrogen and oxygen atoms in total. The van der Waals surface area contributed by atoms with Gasteiger partial charge in [0, 0.05) is 48.6 Å². The Morgan fingerprint density at radius 1 is 0.931 bits per heavy atom. The zero-order valence-corrected chi connectivity index (χ0v) is 16.7. The van der Waals surface area contributed by atoms with Crippen molar-refractivity contribution in [3.8, 4) is 11.5 Å². The van der Waals surface area contributed by atoms with Crippen LogP contribution in [0.5, 0.6) is 11.5 Å². The van der Waals surface area contributed by atoms with Crippen molar-refractivity contribution in [1.82, 2.24) is 4.90 Å². The normalized spacial score (nSPS) is 15.3. The molecule has 0 radical (unpaired) electrons. The van der Waals surface area contributed by atoms with Crippen molar-refractivity contribution in [2.24, 2.45) is 5.92 Å². The molecule has 29 heavy (non-hydrogen) atoms. The van der Waals surface area contributed by atoms with Gasteiger partial charge in [-0.05, 0) is 42.5 Å². The average molecular weight is 395 g/mol. The first-order valence-electron chi connectivity index (χ1n) is 9.77. The molecule has 4 rings (SSSR count). The van der Waals surface area contributed by atoms with Gasteiger partial charge in [0.2, 0.25) is 5.91 Å². The van der Waals surface area contributed by atoms with Crippen LogP contribution in [0, 0.1) is 5.92 Å². The van der Waals surface area contributed by atoms with E-state index in [4.69, 9.17) is 9.47 Å². The van der Waals surface area contributed by atoms with Gasteiger partial charge in [-0.3, -0.25) is 4.79 Å². The van der Waals surface area contributed by atoms with Crippen molar-refractivity contribution in [1.29, 1.82) is 0 Å². The molecule has 1 aliphatic heterocycles. The van der Waals surface area contributed by atoms with Gasteiger partial charge in [-0.15, -0.1) is 0 Å². The number of amides is 3. The van der Waals surface area contributed by atoms with E-state index in [0.29, 0.717) is 29.4 Å². The van der Waals surface area contributed by atoms with Crippen LogP contribution in [0.2, 0.25) is 0 Å². The number of urea groups is 1. The number of hydrogen-bond donors (Lipinski definition) is 2. The summed E-state index contributed by atoms with van der Waals surface area (Å²) in [5, 5.41) is 5.66. The molecule has 2 aliphatic rings. The van der Waals surface area contributed by atoms with Crippen molar-refractivity contribution < 1.29 is 19.1 Å². The zero-order chi connectivity index (χ0) is 20.4. The summed E-state index contributed by atoms with van der Waals surface area (Å²) in [5.41, 5.74) is 3.58. The molecule has 2 aromatic carbocycles. The molecule has 0 spiro atoms. The number of carbonyl (C=O) groups is 2. The molecule has 1 aliphatic carbocycles. The topological polar surface area (TPSA) is 79.9 Å². The fourth-order valence-electron chi connectivity index (χ4n) is 3.58. The Bertz CT molecular complexity index is 917. The fraction of sp³-hybridized carbons (Fsp3) is 0.364. The Kier molecular flexibility index (Phi) is 5.29. The summed E-state index contributed by atoms with van der Waals surface area (Å²) in [6.45, 7) is 1.38. The van der Waals surface area contributed by atoms with E-state index in [0.717, 1.165) is 31.4 Å². The lowest BCUT2D eigenvalue weighted by Gasteiger charge is -2.29. The van der Waals surface area contributed by atoms with Gasteiger partial charge in [-0.2, -0.15) is 0 Å². The summed E-state index contributed by atoms with van der Waals surface area (Å²) in [4.78, 5) is 26.8. The maximum Gasteiger partial charge on any atom is 0.323 e. The monoisotopic (exact) mass is 395 g/mol. The molecular weight excluding hydrogens is 370 g/mol. The predicted molar refractivity (Wildman–Crippen MR) is 110 cm³/mol. The van der Waals surface area contributed by atoms with Crippen LogP contribution in [0.25, 0.3) is 0 Å². The van der Waals surface area contributed by atoms with Gasteiger partial charge in [-0.1, -0.05) is 6.07 Å². The number of ether oxygens (including phenoxy) is 2. The fourth-order valence-corrected chi connectivity index (χ4v) is 3.58. The number of hydrogen-bond acceptors (Lipinski definition) is 4. The first-order chi connectivity index (χ1) is 14.1. The Balaban J connectivity index is 1.43. The molecule has 0 aromatic heterocycles. The molecule has 2 N–H and O–H groups in total. The Hall–Kier alpha value is -3.22. The maximum atomic E-state index is 12.5. The number of methoxy groups -OCH3 is 2. The minimum atomic E-state index is -0.359. The summed E-state index contributed by atoms with van der Waals surface area (Å²) in [5.74, 6) is 1.67. The van der Waals surface area contributed by atoms with Gasteiger partial charge < -0.3 is 25.0 Å². The van der Waals surface area contributed by atoms with Crippen LogP contribution >= 0.6 is 0 Å². The minimum absolute atomic E-state index is 0.225. The van der Waals surface area contributed by atoms with Crippen LogP contribution < -0.4 is 20.1 Å². The van der Waals surface area contributed by atoms with Gasteiger partial charge >= 0.3 is 6.03 Å². The Morgan fingerprint density at radius 2 is 1.62 bits per heavy atom. The second-order valence-corrected chi connectivity index (χ2v) is 7.45. The third-order valence-electron chi connectivity index (χ3n) is 5.32. The lowest BCUT2D eigenvalue weighted by Crippen LogP contribution is -2.36. The van der Waals surface area contributed by atoms with E-state index in [-0.39, 0.29) is 17.9 Å². The maximum absolute atomic E-state index is 12.5. The van der Waals surface area contributed by atoms with Crippen molar-refractivity contribution >= 4 is 23.3 Å². The number of anilines is 2. The molecule has 152 valence electrons. The highest BCUT2D eigenvalue weighted by Gasteiger charge is 2.34. The summed E-state index contributed by atoms with van der Waals surface area (Å²) in [7, 11) is 3.12. The molecule has 1 saturated carbocycles. The van der Waals surface area contributed by atoms with Crippen LogP contribution in [0.3, 0.4) is 0 Å². The van der Waals surface area contributed by atoms with Gasteiger partial charge in [0.15, 0.2) is 0 Å². The third-order valence-corrected chi connectivity index (χ3v) is 5.32. The molecule has 7 heteroatoms. The summed E-state index contributed by atoms with van der Waals surface area (Å²) in [6.07, 6.45) is 2.88. The number of rotatable bonds is 5. The Labute approximate surface area is 170 Å². The number of carbonyl (C=O) groups excluding carboxylic acids is 2. The van der Waals surface area contributed by atoms with E-state index in [1.807, 2.05) is 23.1 Å². The second kappa shape index (κ2) is 8.03. The summed E-state index contributed by atoms with van der Waals surface area (Å²) >= 11 is 0. The van der Waals surface area contributed by atoms with Gasteiger partial charge in [0.05, 0.1) is 14.2 Å². The van der Waals surface area contributed by atoms with Crippen molar-refractivity contribution in [3.63, 3.8) is 0 Å². The lowest BCUT2D eigenvalue weighted by atomic mass is 9.98. The van der Waals surface area contributed by atoms with Crippen molar-refractivity contribution in [2.75, 3.05) is 31.4 Å². The largest absolute Gasteiger partial charge is 0.497 e. The number of nitrogens with one attached hydrogen (secondary N) is 2. The van der Waals surface area contributed by atoms with Crippen LogP contribution in [-0.2, 0) is 17.8 Å². The van der Waals surface area contributed by atoms with Crippen molar-refractivity contribution in [2.45, 2.75) is 25.8 Å². The van der Waals surface area contributed by atoms with Gasteiger partial charge in [0.1, 0.15) is 11.5 Å². The first-order valence-corrected chi connectivity index (χ1v) is 9.77. The minimum Gasteiger partial charge on any atom is -0.497 e. The number of benzene rings is 2. The van der Waals surface area contributed by atoms with Crippen LogP contribution in [0.15, 0.2) is 36.4 Å². The number of fused-ring (bicyclic) bond motifs is 1. The van der Waals surface area contributed by atoms with E-state index >= 15 is 0 Å². The molecule has 0 unspecified atom stereocenters. The van der Waals surface area contributed by atoms with Gasteiger partial charge in [0.25, 0.3) is 0 Å². The molecule has 1 fully saturated rings. The molecular formula is C22H25N3O4. The quantitative estimate of drug-likeness (QED) is 0.810. The number of nitrogens with zero attached hydrogens (tertiary/aromatic N) is 1. The SMILES string of the molecule is COc1cc(NC(=O)Nc2ccc3c(c2)CN(C(=O)C2CC2)CC3)cc(OC)c1. The lowest BCUT2D eigenvalue weighted by molar-refractivity contribution is -0.133. The van der Waals surface area contributed by atoms with E-state index in [9.17, 15) is 9.59 Å². The van der Waals surface area contributed by atoms with Crippen LogP contribution in [0.4, 0.5) is 16.2 Å². The molecule has 0 bridgehead atoms. The first kappa shape index (κ1) is 19.1. The second-order valence-electron chi connectivity index (χ2n) is 7.45. The summed E-state index contributed by atoms with van der Waals surface area (Å²) in [6, 6.07) is 10.7. The highest BCUT2D eigenvalue weighted by molar-refractivity contribution is 6.00. The zero-order valence-electron chi connectivity index (χ0n) is 16.7. The highest BCUT2D eigenvalue weighted by atomic mass is 16.5. The van der Waals surface area contributed by atoms with Crippen LogP contribution in [-0.4, -0.2) is 37.6 Å². The molecule has 1 heterocycles. The average Bonchev–Trinajstić information content (AvgIpc) is 3.57. The summed E-state index contributed by atoms with van der Waals surface area (Å²) < 4.78 is 10.5. The molecule has 0 atom stereocenters. The van der Waals surface area contributed by atoms with Crippen LogP contribution in [0.1, 0.15) is 24.0 Å². The third kappa shape index (κ3) is 4.45. The highest BCUT2D eigenvalue weighted by Crippen LogP contribution is 2.33. The van der Waals surface area contributed by atoms with E-state index in [1.54, 1.807) is 32.4 Å². The standard InChI is InChI=1S/C22H25N3O4/c1-28-19-10-18(11-20(12-19)29-2)24-22(27)23-17-6-5-14-7-8-25(13-16(14)9-17)21(26)15-3-4-15/h5-6,9-12,15H,3-4,7-8,13H2,1-2H3,(H2,23,24,27). The molecule has 2 aromatic rings. The van der Waals surface area contributed by atoms with E-state index in [1.165, 1.54) is 5.56 Å².